The molecule has 0 aliphatic carbocycles. The van der Waals surface area contributed by atoms with Gasteiger partial charge in [0.1, 0.15) is 159 Å². The molecule has 7 saturated heterocycles. The number of amides is 4. The Morgan fingerprint density at radius 2 is 0.705 bits per heavy atom. The maximum atomic E-state index is 13.7. The largest absolute Gasteiger partial charge is 0.477 e. The monoisotopic (exact) mass is 2110 g/mol. The molecule has 28 N–H and O–H groups in total. The summed E-state index contributed by atoms with van der Waals surface area (Å²) >= 11 is 0. The lowest BCUT2D eigenvalue weighted by atomic mass is 9.88. The second-order valence-electron chi connectivity index (χ2n) is 39.9. The van der Waals surface area contributed by atoms with Crippen molar-refractivity contribution >= 4 is 35.6 Å². The average Bonchev–Trinajstić information content (AvgIpc) is 0.748. The lowest BCUT2D eigenvalue weighted by molar-refractivity contribution is -0.394. The third-order valence-electron chi connectivity index (χ3n) is 28.2. The zero-order valence-corrected chi connectivity index (χ0v) is 84.9. The fraction of sp³-hybridized carbons (Fsp3) is 0.918. The molecular formula is C98H174N4O44. The molecular weight excluding hydrogens is 1940 g/mol. The van der Waals surface area contributed by atoms with Crippen LogP contribution in [0, 0.1) is 0 Å². The van der Waals surface area contributed by atoms with Gasteiger partial charge in [-0.1, -0.05) is 231 Å². The van der Waals surface area contributed by atoms with Gasteiger partial charge in [-0.15, -0.1) is 0 Å². The number of aliphatic hydroxyl groups excluding tert-OH is 22. The number of nitrogens with one attached hydrogen (secondary N) is 4. The molecule has 0 bridgehead atoms. The van der Waals surface area contributed by atoms with Gasteiger partial charge in [-0.2, -0.15) is 0 Å². The lowest BCUT2D eigenvalue weighted by Crippen LogP contribution is -2.72. The Bertz CT molecular complexity index is 3690. The van der Waals surface area contributed by atoms with Gasteiger partial charge in [-0.05, 0) is 19.3 Å². The fourth-order valence-electron chi connectivity index (χ4n) is 19.7. The molecule has 850 valence electrons. The van der Waals surface area contributed by atoms with Crippen molar-refractivity contribution in [2.24, 2.45) is 0 Å². The summed E-state index contributed by atoms with van der Waals surface area (Å²) in [5.74, 6) is -14.3. The van der Waals surface area contributed by atoms with Crippen LogP contribution in [0.5, 0.6) is 0 Å². The number of aliphatic hydroxyl groups is 22. The van der Waals surface area contributed by atoms with E-state index in [1.165, 1.54) is 148 Å². The first-order valence-electron chi connectivity index (χ1n) is 52.7. The van der Waals surface area contributed by atoms with Crippen molar-refractivity contribution in [3.63, 3.8) is 0 Å². The third-order valence-corrected chi connectivity index (χ3v) is 28.2. The van der Waals surface area contributed by atoms with E-state index in [4.69, 9.17) is 66.3 Å². The number of hydrogen-bond donors (Lipinski definition) is 28. The van der Waals surface area contributed by atoms with Crippen LogP contribution in [-0.4, -0.2) is 449 Å². The van der Waals surface area contributed by atoms with E-state index in [2.05, 4.69) is 35.1 Å². The Morgan fingerprint density at radius 1 is 0.370 bits per heavy atom. The van der Waals surface area contributed by atoms with Crippen LogP contribution < -0.4 is 21.3 Å². The van der Waals surface area contributed by atoms with E-state index >= 15 is 0 Å². The molecule has 7 heterocycles. The molecule has 0 aromatic rings. The fourth-order valence-corrected chi connectivity index (χ4v) is 19.7. The molecule has 146 heavy (non-hydrogen) atoms. The van der Waals surface area contributed by atoms with Crippen molar-refractivity contribution in [2.75, 3.05) is 52.9 Å². The van der Waals surface area contributed by atoms with Crippen molar-refractivity contribution in [2.45, 2.75) is 517 Å². The van der Waals surface area contributed by atoms with Crippen LogP contribution in [0.2, 0.25) is 0 Å². The summed E-state index contributed by atoms with van der Waals surface area (Å²) in [6.45, 7) is -1.96. The van der Waals surface area contributed by atoms with Crippen molar-refractivity contribution in [1.29, 1.82) is 0 Å². The molecule has 0 saturated carbocycles. The molecule has 48 nitrogen and oxygen atoms in total. The normalized spacial score (nSPS) is 35.3. The van der Waals surface area contributed by atoms with Gasteiger partial charge >= 0.3 is 11.9 Å². The predicted octanol–water partition coefficient (Wildman–Crippen LogP) is -2.92. The van der Waals surface area contributed by atoms with Crippen LogP contribution >= 0.6 is 0 Å². The molecule has 7 aliphatic rings. The number of rotatable bonds is 70. The number of unbranched alkanes of at least 4 members (excludes halogenated alkanes) is 33. The van der Waals surface area contributed by atoms with Crippen LogP contribution in [0.4, 0.5) is 0 Å². The van der Waals surface area contributed by atoms with Gasteiger partial charge < -0.3 is 210 Å². The smallest absolute Gasteiger partial charge is 0.364 e. The number of ether oxygens (including phenoxy) is 14. The van der Waals surface area contributed by atoms with E-state index in [1.807, 2.05) is 6.08 Å². The molecule has 48 heteroatoms. The zero-order chi connectivity index (χ0) is 107. The van der Waals surface area contributed by atoms with E-state index in [9.17, 15) is 151 Å². The lowest BCUT2D eigenvalue weighted by Gasteiger charge is -2.52. The quantitative estimate of drug-likeness (QED) is 0.0214. The first kappa shape index (κ1) is 128. The Balaban J connectivity index is 1.06. The van der Waals surface area contributed by atoms with Gasteiger partial charge in [-0.25, -0.2) is 9.59 Å². The number of carbonyl (C=O) groups is 6. The highest BCUT2D eigenvalue weighted by atomic mass is 16.8. The first-order chi connectivity index (χ1) is 69.8. The second kappa shape index (κ2) is 66.4. The zero-order valence-electron chi connectivity index (χ0n) is 84.9. The average molecular weight is 2110 g/mol. The highest BCUT2D eigenvalue weighted by Gasteiger charge is 2.64. The van der Waals surface area contributed by atoms with Crippen LogP contribution in [0.25, 0.3) is 0 Å². The van der Waals surface area contributed by atoms with Crippen molar-refractivity contribution in [1.82, 2.24) is 21.3 Å². The molecule has 4 amide bonds. The molecule has 0 aromatic heterocycles. The Kier molecular flexibility index (Phi) is 58.2. The molecule has 7 fully saturated rings. The number of carboxylic acids is 2. The molecule has 7 rings (SSSR count). The topological polar surface area (TPSA) is 765 Å². The van der Waals surface area contributed by atoms with Gasteiger partial charge in [0.25, 0.3) is 11.6 Å². The maximum Gasteiger partial charge on any atom is 0.364 e. The van der Waals surface area contributed by atoms with Gasteiger partial charge in [0.15, 0.2) is 31.5 Å². The summed E-state index contributed by atoms with van der Waals surface area (Å²) < 4.78 is 83.4. The van der Waals surface area contributed by atoms with Crippen LogP contribution in [0.1, 0.15) is 279 Å². The minimum Gasteiger partial charge on any atom is -0.477 e. The number of carbonyl (C=O) groups excluding carboxylic acids is 4. The molecule has 0 spiro atoms. The summed E-state index contributed by atoms with van der Waals surface area (Å²) in [4.78, 5) is 79.2. The highest BCUT2D eigenvalue weighted by molar-refractivity contribution is 5.78. The van der Waals surface area contributed by atoms with E-state index in [1.54, 1.807) is 6.08 Å². The molecule has 39 atom stereocenters. The van der Waals surface area contributed by atoms with E-state index in [-0.39, 0.29) is 12.3 Å². The SMILES string of the molecule is CCCCCCCCCCCCC/C=C/[C@@H](O)[C@H](CO[C@@H]1OC(CO)[C@@H](O[C@@H]2OC(CO)[C@H](O[C@@H]3OC(CO)[C@H](O)[C@H](O[C@@H]4OC(CO[C@]5(C(=O)O)CC(O)[C@@H](NC(C)=O)C([C@H](O)[C@H](O)CO)O5)[C@H](O)[C@H](O[C@@H]5OC(CO)[C@H](O)[C@H](O[C@]6(C(=O)O)CC(O)[C@@H](NC(C)=O)C([C@H](O)[C@H](O)CO)O6)C5O)C4NC(C)=O)C3O)[C@H](O)C2O)[C@H](O)C1O)NC(=O)CCCCCCCCCCCCCCCCCCCCCCCCC. The summed E-state index contributed by atoms with van der Waals surface area (Å²) in [6, 6.07) is -6.95. The summed E-state index contributed by atoms with van der Waals surface area (Å²) in [5.41, 5.74) is 0. The third kappa shape index (κ3) is 38.3. The van der Waals surface area contributed by atoms with Gasteiger partial charge in [0.2, 0.25) is 23.6 Å². The molecule has 0 radical (unpaired) electrons. The Morgan fingerprint density at radius 3 is 1.12 bits per heavy atom. The maximum absolute atomic E-state index is 13.7. The van der Waals surface area contributed by atoms with Gasteiger partial charge in [0, 0.05) is 40.0 Å². The first-order valence-corrected chi connectivity index (χ1v) is 52.7. The second-order valence-corrected chi connectivity index (χ2v) is 39.9. The van der Waals surface area contributed by atoms with Crippen molar-refractivity contribution < 1.29 is 218 Å². The number of allylic oxidation sites excluding steroid dienone is 1. The number of aliphatic carboxylic acids is 2. The van der Waals surface area contributed by atoms with Crippen molar-refractivity contribution in [3.8, 4) is 0 Å². The summed E-state index contributed by atoms with van der Waals surface area (Å²) in [6.07, 6.45) is -31.2. The van der Waals surface area contributed by atoms with Crippen LogP contribution in [0.15, 0.2) is 12.2 Å². The summed E-state index contributed by atoms with van der Waals surface area (Å²) in [7, 11) is 0. The van der Waals surface area contributed by atoms with Crippen LogP contribution in [0.3, 0.4) is 0 Å². The minimum absolute atomic E-state index is 0.132. The Labute approximate surface area is 852 Å². The van der Waals surface area contributed by atoms with Crippen molar-refractivity contribution in [3.05, 3.63) is 12.2 Å². The highest BCUT2D eigenvalue weighted by Crippen LogP contribution is 2.43. The van der Waals surface area contributed by atoms with E-state index < -0.39 is 333 Å². The minimum atomic E-state index is -3.40. The molecule has 14 unspecified atom stereocenters. The number of hydrogen-bond acceptors (Lipinski definition) is 42. The number of carboxylic acid groups (broad SMARTS) is 2. The standard InChI is InChI=1S/C98H174N4O44/c1-6-8-10-12-14-16-18-20-21-22-23-24-25-26-27-28-29-31-33-35-37-39-41-43-68(117)102-57(58(112)42-40-38-36-34-32-30-19-17-15-13-11-9-7-2)52-133-91-79(125)77(123)83(65(50-107)137-91)140-92-80(126)78(124)84(66(51-108)138-92)141-93-81(127)88(74(120)63(48-105)135-93)143-90-71(101-56(5)111)85(76(122)67(139-90)53-134-97(95(129)130)44-59(113)69(99-54(3)109)86(144-97)72(118)61(115)46-103)142-94-82(128)89(75(121)64(49-106)136-94)146-98(96(131)132)45-60(114)70(100-55(4)110)87(145-98)73(119)62(116)47-104/h40,42,57-67,69-94,103-108,112-116,118-128H,6-39,41,43-53H2,1-5H3,(H,99,109)(H,100,110)(H,101,111)(H,102,117)(H,129,130)(H,131,132)/b42-40+/t57-,58+,59?,60?,61+,62+,63?,64?,65?,66?,67?,69+,70+,71?,72+,73+,74-,75-,76-,77+,78+,79?,80?,81?,82?,83+,84-,85+,86?,87?,88-,89-,90-,91+,92-,93-,94-,97+,98-/m0/s1. The molecule has 0 aromatic carbocycles. The molecule has 7 aliphatic heterocycles. The summed E-state index contributed by atoms with van der Waals surface area (Å²) in [5, 5.41) is 282. The van der Waals surface area contributed by atoms with Crippen LogP contribution in [-0.2, 0) is 95.1 Å². The predicted molar refractivity (Wildman–Crippen MR) is 509 cm³/mol. The van der Waals surface area contributed by atoms with Gasteiger partial charge in [-0.3, -0.25) is 19.2 Å². The van der Waals surface area contributed by atoms with E-state index in [0.29, 0.717) is 12.8 Å². The van der Waals surface area contributed by atoms with Gasteiger partial charge in [0.05, 0.1) is 89.3 Å². The Hall–Kier alpha value is -4.88. The van der Waals surface area contributed by atoms with E-state index in [0.717, 1.165) is 85.0 Å².